The quantitative estimate of drug-likeness (QED) is 0.601. The summed E-state index contributed by atoms with van der Waals surface area (Å²) in [6.45, 7) is 0.445. The summed E-state index contributed by atoms with van der Waals surface area (Å²) in [5.74, 6) is -0.314. The van der Waals surface area contributed by atoms with Crippen molar-refractivity contribution in [2.24, 2.45) is 0 Å². The number of nitrogens with zero attached hydrogens (tertiary/aromatic N) is 1. The van der Waals surface area contributed by atoms with Crippen molar-refractivity contribution in [1.29, 1.82) is 0 Å². The van der Waals surface area contributed by atoms with Crippen LogP contribution < -0.4 is 15.5 Å². The molecular weight excluding hydrogens is 374 g/mol. The zero-order valence-electron chi connectivity index (χ0n) is 17.3. The van der Waals surface area contributed by atoms with Crippen LogP contribution in [-0.4, -0.2) is 25.9 Å². The lowest BCUT2D eigenvalue weighted by Crippen LogP contribution is -2.33. The van der Waals surface area contributed by atoms with Gasteiger partial charge in [-0.1, -0.05) is 60.7 Å². The highest BCUT2D eigenvalue weighted by Crippen LogP contribution is 2.18. The maximum atomic E-state index is 12.6. The van der Waals surface area contributed by atoms with Crippen LogP contribution >= 0.6 is 0 Å². The molecule has 30 heavy (non-hydrogen) atoms. The Morgan fingerprint density at radius 1 is 0.833 bits per heavy atom. The van der Waals surface area contributed by atoms with Crippen LogP contribution in [0.1, 0.15) is 33.9 Å². The Bertz CT molecular complexity index is 955. The first-order valence-corrected chi connectivity index (χ1v) is 9.97. The van der Waals surface area contributed by atoms with E-state index in [1.165, 1.54) is 0 Å². The molecule has 0 spiro atoms. The van der Waals surface area contributed by atoms with E-state index in [0.717, 1.165) is 16.8 Å². The average molecular weight is 402 g/mol. The highest BCUT2D eigenvalue weighted by Gasteiger charge is 2.19. The van der Waals surface area contributed by atoms with Gasteiger partial charge in [0.05, 0.1) is 12.5 Å². The number of amides is 2. The largest absolute Gasteiger partial charge is 0.378 e. The Hall–Kier alpha value is -3.60. The van der Waals surface area contributed by atoms with Crippen LogP contribution in [0.15, 0.2) is 84.9 Å². The molecule has 0 aliphatic carbocycles. The molecule has 5 nitrogen and oxygen atoms in total. The fourth-order valence-electron chi connectivity index (χ4n) is 3.14. The Morgan fingerprint density at radius 2 is 1.43 bits per heavy atom. The van der Waals surface area contributed by atoms with Crippen molar-refractivity contribution in [2.75, 3.05) is 19.0 Å². The molecule has 0 aliphatic rings. The molecule has 0 aliphatic heterocycles. The predicted molar refractivity (Wildman–Crippen MR) is 120 cm³/mol. The lowest BCUT2D eigenvalue weighted by Gasteiger charge is -2.19. The van der Waals surface area contributed by atoms with Gasteiger partial charge < -0.3 is 15.5 Å². The van der Waals surface area contributed by atoms with E-state index in [4.69, 9.17) is 0 Å². The first-order chi connectivity index (χ1) is 14.5. The van der Waals surface area contributed by atoms with Crippen molar-refractivity contribution >= 4 is 17.5 Å². The molecular formula is C25H27N3O2. The van der Waals surface area contributed by atoms with Crippen LogP contribution in [0.3, 0.4) is 0 Å². The summed E-state index contributed by atoms with van der Waals surface area (Å²) < 4.78 is 0. The molecule has 0 bridgehead atoms. The fourth-order valence-corrected chi connectivity index (χ4v) is 3.14. The van der Waals surface area contributed by atoms with Crippen molar-refractivity contribution in [3.05, 3.63) is 102 Å². The minimum atomic E-state index is -0.407. The van der Waals surface area contributed by atoms with Gasteiger partial charge in [-0.3, -0.25) is 9.59 Å². The topological polar surface area (TPSA) is 61.4 Å². The average Bonchev–Trinajstić information content (AvgIpc) is 2.78. The molecule has 0 aromatic heterocycles. The monoisotopic (exact) mass is 401 g/mol. The van der Waals surface area contributed by atoms with E-state index >= 15 is 0 Å². The van der Waals surface area contributed by atoms with Crippen LogP contribution in [0.2, 0.25) is 0 Å². The molecule has 5 heteroatoms. The molecule has 3 aromatic carbocycles. The smallest absolute Gasteiger partial charge is 0.251 e. The fraction of sp³-hybridized carbons (Fsp3) is 0.200. The second-order valence-corrected chi connectivity index (χ2v) is 7.34. The summed E-state index contributed by atoms with van der Waals surface area (Å²) in [4.78, 5) is 27.3. The number of hydrogen-bond donors (Lipinski definition) is 2. The van der Waals surface area contributed by atoms with E-state index in [0.29, 0.717) is 12.1 Å². The van der Waals surface area contributed by atoms with Gasteiger partial charge in [0.15, 0.2) is 0 Å². The highest BCUT2D eigenvalue weighted by molar-refractivity contribution is 5.94. The van der Waals surface area contributed by atoms with Gasteiger partial charge in [-0.2, -0.15) is 0 Å². The Balaban J connectivity index is 1.63. The Morgan fingerprint density at radius 3 is 2.03 bits per heavy atom. The molecule has 154 valence electrons. The van der Waals surface area contributed by atoms with Gasteiger partial charge in [0, 0.05) is 31.9 Å². The molecule has 0 heterocycles. The van der Waals surface area contributed by atoms with Crippen LogP contribution in [0, 0.1) is 0 Å². The van der Waals surface area contributed by atoms with Crippen LogP contribution in [0.5, 0.6) is 0 Å². The Kier molecular flexibility index (Phi) is 7.22. The van der Waals surface area contributed by atoms with Crippen molar-refractivity contribution in [2.45, 2.75) is 19.0 Å². The van der Waals surface area contributed by atoms with E-state index in [1.807, 2.05) is 91.8 Å². The summed E-state index contributed by atoms with van der Waals surface area (Å²) in [5.41, 5.74) is 3.60. The molecule has 0 saturated carbocycles. The predicted octanol–water partition coefficient (Wildman–Crippen LogP) is 3.93. The standard InChI is InChI=1S/C25H27N3O2/c1-28(2)22-15-13-19(14-16-22)18-26-24(29)17-23(20-9-5-3-6-10-20)27-25(30)21-11-7-4-8-12-21/h3-16,23H,17-18H2,1-2H3,(H,26,29)(H,27,30). The van der Waals surface area contributed by atoms with Crippen molar-refractivity contribution in [3.63, 3.8) is 0 Å². The van der Waals surface area contributed by atoms with Crippen LogP contribution in [0.25, 0.3) is 0 Å². The van der Waals surface area contributed by atoms with E-state index in [-0.39, 0.29) is 18.2 Å². The first kappa shape index (κ1) is 21.1. The lowest BCUT2D eigenvalue weighted by molar-refractivity contribution is -0.121. The van der Waals surface area contributed by atoms with E-state index in [2.05, 4.69) is 10.6 Å². The van der Waals surface area contributed by atoms with Gasteiger partial charge in [0.25, 0.3) is 5.91 Å². The van der Waals surface area contributed by atoms with E-state index in [1.54, 1.807) is 12.1 Å². The third-order valence-corrected chi connectivity index (χ3v) is 4.88. The zero-order chi connectivity index (χ0) is 21.3. The molecule has 3 aromatic rings. The highest BCUT2D eigenvalue weighted by atomic mass is 16.2. The van der Waals surface area contributed by atoms with Crippen molar-refractivity contribution in [1.82, 2.24) is 10.6 Å². The minimum absolute atomic E-state index is 0.117. The minimum Gasteiger partial charge on any atom is -0.378 e. The number of carbonyl (C=O) groups excluding carboxylic acids is 2. The van der Waals surface area contributed by atoms with Crippen molar-refractivity contribution < 1.29 is 9.59 Å². The molecule has 1 unspecified atom stereocenters. The number of anilines is 1. The third kappa shape index (κ3) is 5.95. The second-order valence-electron chi connectivity index (χ2n) is 7.34. The molecule has 2 amide bonds. The maximum absolute atomic E-state index is 12.6. The lowest BCUT2D eigenvalue weighted by atomic mass is 10.0. The SMILES string of the molecule is CN(C)c1ccc(CNC(=O)CC(NC(=O)c2ccccc2)c2ccccc2)cc1. The van der Waals surface area contributed by atoms with Crippen LogP contribution in [0.4, 0.5) is 5.69 Å². The summed E-state index contributed by atoms with van der Waals surface area (Å²) in [6, 6.07) is 26.2. The van der Waals surface area contributed by atoms with E-state index < -0.39 is 6.04 Å². The van der Waals surface area contributed by atoms with Gasteiger partial charge >= 0.3 is 0 Å². The number of nitrogens with one attached hydrogen (secondary N) is 2. The zero-order valence-corrected chi connectivity index (χ0v) is 17.3. The first-order valence-electron chi connectivity index (χ1n) is 9.97. The molecule has 0 radical (unpaired) electrons. The summed E-state index contributed by atoms with van der Waals surface area (Å²) in [6.07, 6.45) is 0.165. The van der Waals surface area contributed by atoms with Gasteiger partial charge in [0.2, 0.25) is 5.91 Å². The molecule has 2 N–H and O–H groups in total. The summed E-state index contributed by atoms with van der Waals surface area (Å²) in [5, 5.41) is 5.95. The van der Waals surface area contributed by atoms with Crippen LogP contribution in [-0.2, 0) is 11.3 Å². The van der Waals surface area contributed by atoms with Gasteiger partial charge in [0.1, 0.15) is 0 Å². The molecule has 0 fully saturated rings. The van der Waals surface area contributed by atoms with E-state index in [9.17, 15) is 9.59 Å². The Labute approximate surface area is 177 Å². The van der Waals surface area contributed by atoms with Gasteiger partial charge in [-0.15, -0.1) is 0 Å². The van der Waals surface area contributed by atoms with Gasteiger partial charge in [-0.05, 0) is 35.4 Å². The normalized spacial score (nSPS) is 11.4. The number of rotatable bonds is 8. The molecule has 1 atom stereocenters. The number of hydrogen-bond acceptors (Lipinski definition) is 3. The molecule has 3 rings (SSSR count). The van der Waals surface area contributed by atoms with Gasteiger partial charge in [-0.25, -0.2) is 0 Å². The number of benzene rings is 3. The second kappa shape index (κ2) is 10.3. The third-order valence-electron chi connectivity index (χ3n) is 4.88. The van der Waals surface area contributed by atoms with Crippen molar-refractivity contribution in [3.8, 4) is 0 Å². The molecule has 0 saturated heterocycles. The number of carbonyl (C=O) groups is 2. The summed E-state index contributed by atoms with van der Waals surface area (Å²) in [7, 11) is 3.98. The summed E-state index contributed by atoms with van der Waals surface area (Å²) >= 11 is 0. The maximum Gasteiger partial charge on any atom is 0.251 e.